The maximum absolute atomic E-state index is 5.41. The average Bonchev–Trinajstić information content (AvgIpc) is 1.65. The van der Waals surface area contributed by atoms with E-state index in [-0.39, 0.29) is 0 Å². The molecule has 0 aromatic heterocycles. The predicted octanol–water partition coefficient (Wildman–Crippen LogP) is 1.30. The normalized spacial score (nSPS) is 8.43. The monoisotopic (exact) mass is 119 g/mol. The van der Waals surface area contributed by atoms with Crippen LogP contribution in [0.25, 0.3) is 0 Å². The van der Waals surface area contributed by atoms with Gasteiger partial charge in [0.15, 0.2) is 0 Å². The summed E-state index contributed by atoms with van der Waals surface area (Å²) >= 11 is 5.41. The lowest BCUT2D eigenvalue weighted by Crippen LogP contribution is -2.10. The Kier molecular flexibility index (Phi) is 2.84. The van der Waals surface area contributed by atoms with Crippen LogP contribution < -0.4 is 0 Å². The highest BCUT2D eigenvalue weighted by Gasteiger charge is 1.88. The number of nitrogens with zero attached hydrogens (tertiary/aromatic N) is 1. The first-order chi connectivity index (χ1) is 3.18. The highest BCUT2D eigenvalue weighted by molar-refractivity contribution is 6.19. The zero-order chi connectivity index (χ0) is 5.86. The lowest BCUT2D eigenvalue weighted by molar-refractivity contribution is 0.518. The average molecular weight is 120 g/mol. The summed E-state index contributed by atoms with van der Waals surface area (Å²) in [6, 6.07) is 0. The van der Waals surface area contributed by atoms with Crippen molar-refractivity contribution in [3.05, 3.63) is 12.3 Å². The Hall–Kier alpha value is -0.170. The first kappa shape index (κ1) is 6.83. The van der Waals surface area contributed by atoms with Crippen LogP contribution in [0.1, 0.15) is 0 Å². The van der Waals surface area contributed by atoms with Gasteiger partial charge in [0, 0.05) is 19.8 Å². The van der Waals surface area contributed by atoms with Gasteiger partial charge in [0.05, 0.1) is 5.88 Å². The third-order valence-electron chi connectivity index (χ3n) is 0.787. The van der Waals surface area contributed by atoms with E-state index >= 15 is 0 Å². The highest BCUT2D eigenvalue weighted by atomic mass is 35.5. The summed E-state index contributed by atoms with van der Waals surface area (Å²) < 4.78 is 0. The van der Waals surface area contributed by atoms with Crippen LogP contribution in [0.2, 0.25) is 0 Å². The molecule has 0 aliphatic heterocycles. The van der Waals surface area contributed by atoms with Crippen molar-refractivity contribution in [2.45, 2.75) is 0 Å². The molecule has 0 spiro atoms. The van der Waals surface area contributed by atoms with Gasteiger partial charge < -0.3 is 4.90 Å². The summed E-state index contributed by atoms with van der Waals surface area (Å²) in [7, 11) is 3.84. The Morgan fingerprint density at radius 3 is 2.14 bits per heavy atom. The molecule has 0 N–H and O–H groups in total. The molecular weight excluding hydrogens is 110 g/mol. The van der Waals surface area contributed by atoms with E-state index in [1.165, 1.54) is 0 Å². The van der Waals surface area contributed by atoms with E-state index in [1.807, 2.05) is 19.0 Å². The molecule has 7 heavy (non-hydrogen) atoms. The molecular formula is C5H10ClN. The van der Waals surface area contributed by atoms with Gasteiger partial charge in [-0.15, -0.1) is 11.6 Å². The third-order valence-corrected chi connectivity index (χ3v) is 1.10. The molecule has 2 heteroatoms. The van der Waals surface area contributed by atoms with Gasteiger partial charge in [-0.2, -0.15) is 0 Å². The van der Waals surface area contributed by atoms with Crippen molar-refractivity contribution in [2.24, 2.45) is 0 Å². The molecule has 1 nitrogen and oxygen atoms in total. The number of halogens is 1. The molecule has 42 valence electrons. The fraction of sp³-hybridized carbons (Fsp3) is 0.600. The van der Waals surface area contributed by atoms with Gasteiger partial charge >= 0.3 is 0 Å². The Labute approximate surface area is 49.6 Å². The molecule has 0 aromatic carbocycles. The molecule has 0 heterocycles. The Balaban J connectivity index is 3.35. The minimum Gasteiger partial charge on any atom is -0.380 e. The van der Waals surface area contributed by atoms with Crippen molar-refractivity contribution in [1.82, 2.24) is 4.90 Å². The second-order valence-electron chi connectivity index (χ2n) is 1.59. The minimum atomic E-state index is 0.521. The number of hydrogen-bond donors (Lipinski definition) is 0. The van der Waals surface area contributed by atoms with Crippen LogP contribution in [0.15, 0.2) is 12.3 Å². The second-order valence-corrected chi connectivity index (χ2v) is 1.86. The van der Waals surface area contributed by atoms with Crippen molar-refractivity contribution in [1.29, 1.82) is 0 Å². The van der Waals surface area contributed by atoms with Gasteiger partial charge in [0.2, 0.25) is 0 Å². The van der Waals surface area contributed by atoms with E-state index in [4.69, 9.17) is 11.6 Å². The van der Waals surface area contributed by atoms with E-state index < -0.39 is 0 Å². The van der Waals surface area contributed by atoms with Crippen molar-refractivity contribution < 1.29 is 0 Å². The molecule has 0 aliphatic carbocycles. The summed E-state index contributed by atoms with van der Waals surface area (Å²) in [5.41, 5.74) is 0.946. The molecule has 0 aromatic rings. The summed E-state index contributed by atoms with van der Waals surface area (Å²) in [4.78, 5) is 1.90. The van der Waals surface area contributed by atoms with Crippen molar-refractivity contribution in [3.63, 3.8) is 0 Å². The third kappa shape index (κ3) is 2.52. The fourth-order valence-corrected chi connectivity index (χ4v) is 0.359. The van der Waals surface area contributed by atoms with Gasteiger partial charge in [-0.25, -0.2) is 0 Å². The Bertz CT molecular complexity index is 68.5. The molecule has 0 atom stereocenters. The molecule has 0 bridgehead atoms. The molecule has 0 saturated heterocycles. The maximum atomic E-state index is 5.41. The predicted molar refractivity (Wildman–Crippen MR) is 33.5 cm³/mol. The van der Waals surface area contributed by atoms with Gasteiger partial charge in [0.1, 0.15) is 0 Å². The van der Waals surface area contributed by atoms with Gasteiger partial charge in [-0.1, -0.05) is 6.58 Å². The summed E-state index contributed by atoms with van der Waals surface area (Å²) in [5, 5.41) is 0. The van der Waals surface area contributed by atoms with Gasteiger partial charge in [-0.3, -0.25) is 0 Å². The Morgan fingerprint density at radius 2 is 2.14 bits per heavy atom. The number of allylic oxidation sites excluding steroid dienone is 1. The SMILES string of the molecule is C=C(CCl)N(C)C. The van der Waals surface area contributed by atoms with E-state index in [0.717, 1.165) is 5.70 Å². The topological polar surface area (TPSA) is 3.24 Å². The van der Waals surface area contributed by atoms with E-state index in [2.05, 4.69) is 6.58 Å². The van der Waals surface area contributed by atoms with Crippen LogP contribution in [0.5, 0.6) is 0 Å². The highest BCUT2D eigenvalue weighted by Crippen LogP contribution is 1.94. The second kappa shape index (κ2) is 2.92. The maximum Gasteiger partial charge on any atom is 0.0617 e. The van der Waals surface area contributed by atoms with E-state index in [1.54, 1.807) is 0 Å². The lowest BCUT2D eigenvalue weighted by atomic mass is 10.5. The molecule has 0 amide bonds. The summed E-state index contributed by atoms with van der Waals surface area (Å²) in [6.45, 7) is 3.67. The molecule has 0 fully saturated rings. The first-order valence-corrected chi connectivity index (χ1v) is 2.63. The largest absolute Gasteiger partial charge is 0.380 e. The molecule has 0 radical (unpaired) electrons. The standard InChI is InChI=1S/C5H10ClN/c1-5(4-6)7(2)3/h1,4H2,2-3H3. The zero-order valence-corrected chi connectivity index (χ0v) is 5.50. The van der Waals surface area contributed by atoms with Gasteiger partial charge in [0.25, 0.3) is 0 Å². The molecule has 0 unspecified atom stereocenters. The minimum absolute atomic E-state index is 0.521. The van der Waals surface area contributed by atoms with Crippen LogP contribution in [0, 0.1) is 0 Å². The van der Waals surface area contributed by atoms with Crippen LogP contribution in [0.4, 0.5) is 0 Å². The van der Waals surface area contributed by atoms with Crippen molar-refractivity contribution in [3.8, 4) is 0 Å². The number of alkyl halides is 1. The van der Waals surface area contributed by atoms with Crippen LogP contribution in [-0.2, 0) is 0 Å². The van der Waals surface area contributed by atoms with Gasteiger partial charge in [-0.05, 0) is 0 Å². The smallest absolute Gasteiger partial charge is 0.0617 e. The van der Waals surface area contributed by atoms with Crippen LogP contribution in [-0.4, -0.2) is 24.9 Å². The lowest BCUT2D eigenvalue weighted by Gasteiger charge is -2.11. The molecule has 0 rings (SSSR count). The van der Waals surface area contributed by atoms with Crippen molar-refractivity contribution in [2.75, 3.05) is 20.0 Å². The zero-order valence-electron chi connectivity index (χ0n) is 4.74. The number of hydrogen-bond acceptors (Lipinski definition) is 1. The van der Waals surface area contributed by atoms with Crippen molar-refractivity contribution >= 4 is 11.6 Å². The summed E-state index contributed by atoms with van der Waals surface area (Å²) in [6.07, 6.45) is 0. The first-order valence-electron chi connectivity index (χ1n) is 2.09. The molecule has 0 aliphatic rings. The van der Waals surface area contributed by atoms with Crippen LogP contribution in [0.3, 0.4) is 0 Å². The van der Waals surface area contributed by atoms with E-state index in [0.29, 0.717) is 5.88 Å². The van der Waals surface area contributed by atoms with Crippen LogP contribution >= 0.6 is 11.6 Å². The quantitative estimate of drug-likeness (QED) is 0.496. The Morgan fingerprint density at radius 1 is 1.71 bits per heavy atom. The molecule has 0 saturated carbocycles. The number of rotatable bonds is 2. The fourth-order valence-electron chi connectivity index (χ4n) is 0.120. The summed E-state index contributed by atoms with van der Waals surface area (Å²) in [5.74, 6) is 0.521. The van der Waals surface area contributed by atoms with E-state index in [9.17, 15) is 0 Å².